The Hall–Kier alpha value is -3.29. The van der Waals surface area contributed by atoms with Crippen LogP contribution in [0.15, 0.2) is 36.4 Å². The fourth-order valence-electron chi connectivity index (χ4n) is 2.71. The zero-order chi connectivity index (χ0) is 21.6. The lowest BCUT2D eigenvalue weighted by Gasteiger charge is -2.21. The molecule has 0 bridgehead atoms. The summed E-state index contributed by atoms with van der Waals surface area (Å²) in [6, 6.07) is 9.94. The summed E-state index contributed by atoms with van der Waals surface area (Å²) in [7, 11) is 1.23. The van der Waals surface area contributed by atoms with Gasteiger partial charge in [0.15, 0.2) is 0 Å². The van der Waals surface area contributed by atoms with Gasteiger partial charge < -0.3 is 25.8 Å². The average Bonchev–Trinajstić information content (AvgIpc) is 2.64. The summed E-state index contributed by atoms with van der Waals surface area (Å²) in [4.78, 5) is 36.5. The van der Waals surface area contributed by atoms with E-state index in [2.05, 4.69) is 10.6 Å². The molecule has 0 aliphatic heterocycles. The number of methoxy groups -OCH3 is 1. The molecular weight excluding hydrogens is 374 g/mol. The molecule has 2 aromatic rings. The monoisotopic (exact) mass is 401 g/mol. The van der Waals surface area contributed by atoms with Crippen molar-refractivity contribution in [2.24, 2.45) is 0 Å². The zero-order valence-corrected chi connectivity index (χ0v) is 17.1. The van der Waals surface area contributed by atoms with E-state index in [9.17, 15) is 14.4 Å². The summed E-state index contributed by atoms with van der Waals surface area (Å²) in [6.45, 7) is 5.36. The number of nitrogen functional groups attached to an aromatic ring is 1. The number of anilines is 1. The molecule has 8 heteroatoms. The molecule has 8 nitrogen and oxygen atoms in total. The van der Waals surface area contributed by atoms with Gasteiger partial charge in [0.05, 0.1) is 12.7 Å². The van der Waals surface area contributed by atoms with Crippen molar-refractivity contribution >= 4 is 34.4 Å². The summed E-state index contributed by atoms with van der Waals surface area (Å²) in [6.07, 6.45) is -0.475. The fourth-order valence-corrected chi connectivity index (χ4v) is 2.71. The molecule has 0 aromatic heterocycles. The van der Waals surface area contributed by atoms with Crippen LogP contribution in [0.3, 0.4) is 0 Å². The lowest BCUT2D eigenvalue weighted by Crippen LogP contribution is -2.44. The molecule has 4 N–H and O–H groups in total. The number of carbonyl (C=O) groups is 3. The molecule has 2 amide bonds. The number of nitrogens with two attached hydrogens (primary N) is 1. The maximum Gasteiger partial charge on any atom is 0.407 e. The van der Waals surface area contributed by atoms with Crippen LogP contribution in [0.25, 0.3) is 10.8 Å². The summed E-state index contributed by atoms with van der Waals surface area (Å²) in [5.74, 6) is -1.12. The van der Waals surface area contributed by atoms with Crippen molar-refractivity contribution in [1.29, 1.82) is 0 Å². The highest BCUT2D eigenvalue weighted by Crippen LogP contribution is 2.22. The molecular formula is C21H27N3O5. The van der Waals surface area contributed by atoms with Gasteiger partial charge in [-0.3, -0.25) is 4.79 Å². The second kappa shape index (κ2) is 9.27. The van der Waals surface area contributed by atoms with Crippen molar-refractivity contribution < 1.29 is 23.9 Å². The molecule has 0 heterocycles. The van der Waals surface area contributed by atoms with E-state index < -0.39 is 29.6 Å². The minimum atomic E-state index is -0.951. The minimum absolute atomic E-state index is 0.113. The second-order valence-corrected chi connectivity index (χ2v) is 7.55. The summed E-state index contributed by atoms with van der Waals surface area (Å²) in [5.41, 5.74) is 5.95. The first-order valence-electron chi connectivity index (χ1n) is 9.24. The molecule has 0 spiro atoms. The van der Waals surface area contributed by atoms with Crippen LogP contribution in [0, 0.1) is 0 Å². The third-order valence-electron chi connectivity index (χ3n) is 4.05. The quantitative estimate of drug-likeness (QED) is 0.506. The van der Waals surface area contributed by atoms with E-state index >= 15 is 0 Å². The lowest BCUT2D eigenvalue weighted by molar-refractivity contribution is -0.143. The van der Waals surface area contributed by atoms with E-state index in [0.29, 0.717) is 5.69 Å². The average molecular weight is 401 g/mol. The van der Waals surface area contributed by atoms with Crippen LogP contribution in [-0.2, 0) is 14.3 Å². The molecule has 156 valence electrons. The Bertz CT molecular complexity index is 905. The Kier molecular flexibility index (Phi) is 7.03. The molecule has 0 radical (unpaired) electrons. The smallest absolute Gasteiger partial charge is 0.407 e. The van der Waals surface area contributed by atoms with Crippen molar-refractivity contribution in [2.45, 2.75) is 38.8 Å². The van der Waals surface area contributed by atoms with E-state index in [1.165, 1.54) is 7.11 Å². The number of nitrogens with one attached hydrogen (secondary N) is 2. The highest BCUT2D eigenvalue weighted by Gasteiger charge is 2.24. The summed E-state index contributed by atoms with van der Waals surface area (Å²) in [5, 5.41) is 6.94. The molecule has 2 rings (SSSR count). The Morgan fingerprint density at radius 3 is 2.31 bits per heavy atom. The van der Waals surface area contributed by atoms with Crippen molar-refractivity contribution in [3.63, 3.8) is 0 Å². The van der Waals surface area contributed by atoms with Crippen LogP contribution in [-0.4, -0.2) is 43.3 Å². The summed E-state index contributed by atoms with van der Waals surface area (Å²) >= 11 is 0. The van der Waals surface area contributed by atoms with Gasteiger partial charge in [0.25, 0.3) is 5.91 Å². The second-order valence-electron chi connectivity index (χ2n) is 7.55. The van der Waals surface area contributed by atoms with Crippen LogP contribution in [0.1, 0.15) is 37.6 Å². The largest absolute Gasteiger partial charge is 0.467 e. The van der Waals surface area contributed by atoms with E-state index in [1.807, 2.05) is 24.3 Å². The van der Waals surface area contributed by atoms with Gasteiger partial charge in [-0.25, -0.2) is 9.59 Å². The van der Waals surface area contributed by atoms with Crippen LogP contribution in [0.2, 0.25) is 0 Å². The van der Waals surface area contributed by atoms with Crippen molar-refractivity contribution in [3.8, 4) is 0 Å². The third-order valence-corrected chi connectivity index (χ3v) is 4.05. The zero-order valence-electron chi connectivity index (χ0n) is 17.1. The van der Waals surface area contributed by atoms with Crippen molar-refractivity contribution in [1.82, 2.24) is 10.6 Å². The number of alkyl carbamates (subject to hydrolysis) is 1. The van der Waals surface area contributed by atoms with Gasteiger partial charge in [-0.05, 0) is 50.1 Å². The molecule has 0 aliphatic carbocycles. The number of benzene rings is 2. The highest BCUT2D eigenvalue weighted by atomic mass is 16.6. The first-order valence-corrected chi connectivity index (χ1v) is 9.24. The molecule has 0 unspecified atom stereocenters. The number of rotatable bonds is 6. The van der Waals surface area contributed by atoms with Crippen molar-refractivity contribution in [2.75, 3.05) is 19.4 Å². The molecule has 0 aliphatic rings. The van der Waals surface area contributed by atoms with Gasteiger partial charge in [-0.2, -0.15) is 0 Å². The van der Waals surface area contributed by atoms with Gasteiger partial charge in [0.2, 0.25) is 0 Å². The first-order chi connectivity index (χ1) is 13.6. The van der Waals surface area contributed by atoms with E-state index in [1.54, 1.807) is 32.9 Å². The Morgan fingerprint density at radius 1 is 1.10 bits per heavy atom. The molecule has 0 saturated carbocycles. The van der Waals surface area contributed by atoms with E-state index in [0.717, 1.165) is 10.8 Å². The van der Waals surface area contributed by atoms with Gasteiger partial charge in [0.1, 0.15) is 11.6 Å². The van der Waals surface area contributed by atoms with Crippen LogP contribution in [0.5, 0.6) is 0 Å². The summed E-state index contributed by atoms with van der Waals surface area (Å²) < 4.78 is 9.90. The first kappa shape index (κ1) is 22.0. The van der Waals surface area contributed by atoms with Gasteiger partial charge in [0, 0.05) is 12.2 Å². The highest BCUT2D eigenvalue weighted by molar-refractivity contribution is 6.05. The van der Waals surface area contributed by atoms with E-state index in [4.69, 9.17) is 15.2 Å². The molecule has 2 aromatic carbocycles. The van der Waals surface area contributed by atoms with Crippen LogP contribution in [0.4, 0.5) is 10.5 Å². The number of esters is 1. The minimum Gasteiger partial charge on any atom is -0.467 e. The standard InChI is InChI=1S/C21H27N3O5/c1-21(2,3)29-20(27)23-10-9-17(19(26)28-4)24-18(25)15-11-13-7-5-6-8-14(13)12-16(15)22/h5-8,11-12,17H,9-10,22H2,1-4H3,(H,23,27)(H,24,25)/t17-/m0/s1. The predicted molar refractivity (Wildman–Crippen MR) is 110 cm³/mol. The number of ether oxygens (including phenoxy) is 2. The number of hydrogen-bond acceptors (Lipinski definition) is 6. The number of amides is 2. The topological polar surface area (TPSA) is 120 Å². The van der Waals surface area contributed by atoms with E-state index in [-0.39, 0.29) is 18.5 Å². The maximum atomic E-state index is 12.7. The third kappa shape index (κ3) is 6.38. The molecule has 0 fully saturated rings. The lowest BCUT2D eigenvalue weighted by atomic mass is 10.0. The maximum absolute atomic E-state index is 12.7. The van der Waals surface area contributed by atoms with Gasteiger partial charge in [-0.15, -0.1) is 0 Å². The number of carbonyl (C=O) groups excluding carboxylic acids is 3. The molecule has 0 saturated heterocycles. The number of hydrogen-bond donors (Lipinski definition) is 3. The van der Waals surface area contributed by atoms with Gasteiger partial charge in [-0.1, -0.05) is 24.3 Å². The number of fused-ring (bicyclic) bond motifs is 1. The van der Waals surface area contributed by atoms with Gasteiger partial charge >= 0.3 is 12.1 Å². The SMILES string of the molecule is COC(=O)[C@H](CCNC(=O)OC(C)(C)C)NC(=O)c1cc2ccccc2cc1N. The normalized spacial score (nSPS) is 12.1. The molecule has 1 atom stereocenters. The van der Waals surface area contributed by atoms with Crippen LogP contribution < -0.4 is 16.4 Å². The Balaban J connectivity index is 2.06. The Morgan fingerprint density at radius 2 is 1.72 bits per heavy atom. The predicted octanol–water partition coefficient (Wildman–Crippen LogP) is 2.61. The molecule has 29 heavy (non-hydrogen) atoms. The van der Waals surface area contributed by atoms with Crippen LogP contribution >= 0.6 is 0 Å². The van der Waals surface area contributed by atoms with Crippen molar-refractivity contribution in [3.05, 3.63) is 42.0 Å². The fraction of sp³-hybridized carbons (Fsp3) is 0.381. The Labute approximate surface area is 169 Å².